The molecule has 0 saturated heterocycles. The molecule has 0 saturated carbocycles. The van der Waals surface area contributed by atoms with E-state index in [4.69, 9.17) is 18.9 Å². The quantitative estimate of drug-likeness (QED) is 0.184. The largest absolute Gasteiger partial charge is 0.493 e. The topological polar surface area (TPSA) is 137 Å². The number of esters is 1. The Morgan fingerprint density at radius 2 is 1.86 bits per heavy atom. The number of ether oxygens (including phenoxy) is 4. The third-order valence-corrected chi connectivity index (χ3v) is 5.21. The van der Waals surface area contributed by atoms with Gasteiger partial charge in [0.2, 0.25) is 0 Å². The Bertz CT molecular complexity index is 1220. The highest BCUT2D eigenvalue weighted by atomic mass is 16.5. The number of benzene rings is 2. The predicted molar refractivity (Wildman–Crippen MR) is 135 cm³/mol. The summed E-state index contributed by atoms with van der Waals surface area (Å²) in [6.45, 7) is 5.30. The molecule has 3 N–H and O–H groups in total. The van der Waals surface area contributed by atoms with Crippen LogP contribution in [0.25, 0.3) is 0 Å². The number of hydrogen-bond acceptors (Lipinski definition) is 8. The third-order valence-electron chi connectivity index (χ3n) is 5.21. The van der Waals surface area contributed by atoms with Crippen LogP contribution >= 0.6 is 0 Å². The van der Waals surface area contributed by atoms with Gasteiger partial charge in [-0.05, 0) is 54.4 Å². The zero-order valence-electron chi connectivity index (χ0n) is 20.7. The van der Waals surface area contributed by atoms with E-state index in [2.05, 4.69) is 27.7 Å². The number of rotatable bonds is 11. The summed E-state index contributed by atoms with van der Waals surface area (Å²) in [6, 6.07) is 10.8. The highest BCUT2D eigenvalue weighted by Gasteiger charge is 2.32. The lowest BCUT2D eigenvalue weighted by atomic mass is 9.95. The molecule has 0 aliphatic carbocycles. The van der Waals surface area contributed by atoms with Gasteiger partial charge >= 0.3 is 12.0 Å². The molecule has 1 aliphatic rings. The number of carbonyl (C=O) groups is 3. The van der Waals surface area contributed by atoms with Gasteiger partial charge in [-0.15, -0.1) is 0 Å². The molecule has 0 bridgehead atoms. The number of hydrogen-bond donors (Lipinski definition) is 3. The van der Waals surface area contributed by atoms with E-state index in [0.29, 0.717) is 35.1 Å². The van der Waals surface area contributed by atoms with E-state index < -0.39 is 23.9 Å². The molecule has 37 heavy (non-hydrogen) atoms. The molecule has 11 nitrogen and oxygen atoms in total. The average molecular weight is 509 g/mol. The Labute approximate surface area is 214 Å². The van der Waals surface area contributed by atoms with Crippen molar-refractivity contribution < 1.29 is 33.3 Å². The van der Waals surface area contributed by atoms with Crippen molar-refractivity contribution in [2.24, 2.45) is 5.10 Å². The molecule has 1 aliphatic heterocycles. The van der Waals surface area contributed by atoms with E-state index in [-0.39, 0.29) is 12.2 Å². The fourth-order valence-corrected chi connectivity index (χ4v) is 3.47. The summed E-state index contributed by atoms with van der Waals surface area (Å²) in [5, 5.41) is 9.19. The Hall–Kier alpha value is -4.80. The highest BCUT2D eigenvalue weighted by molar-refractivity contribution is 5.95. The fraction of sp³-hybridized carbons (Fsp3) is 0.231. The molecule has 3 amide bonds. The second-order valence-corrected chi connectivity index (χ2v) is 7.72. The molecule has 0 fully saturated rings. The molecule has 11 heteroatoms. The second kappa shape index (κ2) is 12.8. The van der Waals surface area contributed by atoms with E-state index in [1.54, 1.807) is 55.5 Å². The lowest BCUT2D eigenvalue weighted by molar-refractivity contribution is -0.136. The van der Waals surface area contributed by atoms with Crippen molar-refractivity contribution in [3.8, 4) is 17.2 Å². The van der Waals surface area contributed by atoms with Crippen molar-refractivity contribution in [2.75, 3.05) is 27.4 Å². The number of nitrogens with zero attached hydrogens (tertiary/aromatic N) is 1. The molecule has 1 atom stereocenters. The summed E-state index contributed by atoms with van der Waals surface area (Å²) >= 11 is 0. The van der Waals surface area contributed by atoms with E-state index in [1.165, 1.54) is 20.4 Å². The zero-order valence-corrected chi connectivity index (χ0v) is 20.7. The SMILES string of the molecule is C=CCOc1ccc(/C=N\NC(=O)COc2ccc([C@H]3NC(=O)NC(C)=C3C(=O)OC)cc2OC)cc1. The van der Waals surface area contributed by atoms with Crippen LogP contribution in [0.2, 0.25) is 0 Å². The first-order valence-corrected chi connectivity index (χ1v) is 11.2. The highest BCUT2D eigenvalue weighted by Crippen LogP contribution is 2.34. The van der Waals surface area contributed by atoms with Gasteiger partial charge in [-0.1, -0.05) is 18.7 Å². The smallest absolute Gasteiger partial charge is 0.337 e. The van der Waals surface area contributed by atoms with Gasteiger partial charge in [-0.2, -0.15) is 5.10 Å². The number of carbonyl (C=O) groups excluding carboxylic acids is 3. The van der Waals surface area contributed by atoms with Crippen LogP contribution in [0.5, 0.6) is 17.2 Å². The number of allylic oxidation sites excluding steroid dienone is 1. The van der Waals surface area contributed by atoms with Crippen LogP contribution in [-0.2, 0) is 14.3 Å². The first-order chi connectivity index (χ1) is 17.9. The van der Waals surface area contributed by atoms with E-state index >= 15 is 0 Å². The van der Waals surface area contributed by atoms with Gasteiger partial charge in [0.25, 0.3) is 5.91 Å². The average Bonchev–Trinajstić information content (AvgIpc) is 2.90. The summed E-state index contributed by atoms with van der Waals surface area (Å²) < 4.78 is 21.3. The predicted octanol–water partition coefficient (Wildman–Crippen LogP) is 2.59. The van der Waals surface area contributed by atoms with Gasteiger partial charge in [0, 0.05) is 5.70 Å². The van der Waals surface area contributed by atoms with Gasteiger partial charge < -0.3 is 29.6 Å². The van der Waals surface area contributed by atoms with Gasteiger partial charge in [0.05, 0.1) is 32.0 Å². The van der Waals surface area contributed by atoms with Crippen LogP contribution in [-0.4, -0.2) is 51.6 Å². The maximum atomic E-state index is 12.3. The van der Waals surface area contributed by atoms with Gasteiger partial charge in [0.15, 0.2) is 18.1 Å². The van der Waals surface area contributed by atoms with Crippen molar-refractivity contribution in [2.45, 2.75) is 13.0 Å². The number of urea groups is 1. The molecule has 0 spiro atoms. The summed E-state index contributed by atoms with van der Waals surface area (Å²) in [5.41, 5.74) is 4.37. The van der Waals surface area contributed by atoms with Gasteiger partial charge in [0.1, 0.15) is 12.4 Å². The Morgan fingerprint density at radius 3 is 2.54 bits per heavy atom. The van der Waals surface area contributed by atoms with Crippen molar-refractivity contribution in [1.29, 1.82) is 0 Å². The Morgan fingerprint density at radius 1 is 1.11 bits per heavy atom. The van der Waals surface area contributed by atoms with E-state index in [0.717, 1.165) is 5.56 Å². The monoisotopic (exact) mass is 508 g/mol. The standard InChI is InChI=1S/C26H28N4O7/c1-5-12-36-19-9-6-17(7-10-19)14-27-30-22(31)15-37-20-11-8-18(13-21(20)34-3)24-23(25(32)35-4)16(2)28-26(33)29-24/h5-11,13-14,24H,1,12,15H2,2-4H3,(H,30,31)(H2,28,29,33)/b27-14-/t24-/m1/s1. The summed E-state index contributed by atoms with van der Waals surface area (Å²) in [7, 11) is 2.70. The van der Waals surface area contributed by atoms with Crippen molar-refractivity contribution in [1.82, 2.24) is 16.1 Å². The summed E-state index contributed by atoms with van der Waals surface area (Å²) in [6.07, 6.45) is 3.15. The minimum absolute atomic E-state index is 0.258. The molecule has 2 aromatic carbocycles. The van der Waals surface area contributed by atoms with Crippen molar-refractivity contribution in [3.05, 3.63) is 77.5 Å². The van der Waals surface area contributed by atoms with Crippen molar-refractivity contribution in [3.63, 3.8) is 0 Å². The summed E-state index contributed by atoms with van der Waals surface area (Å²) in [5.74, 6) is 0.238. The maximum Gasteiger partial charge on any atom is 0.337 e. The molecule has 2 aromatic rings. The molecule has 0 aromatic heterocycles. The second-order valence-electron chi connectivity index (χ2n) is 7.72. The number of nitrogens with one attached hydrogen (secondary N) is 3. The van der Waals surface area contributed by atoms with Crippen LogP contribution in [0, 0.1) is 0 Å². The minimum atomic E-state index is -0.760. The van der Waals surface area contributed by atoms with E-state index in [9.17, 15) is 14.4 Å². The molecular weight excluding hydrogens is 480 g/mol. The third kappa shape index (κ3) is 7.10. The van der Waals surface area contributed by atoms with Crippen molar-refractivity contribution >= 4 is 24.1 Å². The fourth-order valence-electron chi connectivity index (χ4n) is 3.47. The van der Waals surface area contributed by atoms with Crippen LogP contribution < -0.4 is 30.3 Å². The Kier molecular flexibility index (Phi) is 9.25. The molecular formula is C26H28N4O7. The lowest BCUT2D eigenvalue weighted by Gasteiger charge is -2.28. The number of amides is 3. The Balaban J connectivity index is 1.62. The molecule has 194 valence electrons. The first-order valence-electron chi connectivity index (χ1n) is 11.2. The normalized spacial score (nSPS) is 14.9. The molecule has 1 heterocycles. The minimum Gasteiger partial charge on any atom is -0.493 e. The maximum absolute atomic E-state index is 12.3. The lowest BCUT2D eigenvalue weighted by Crippen LogP contribution is -2.45. The number of hydrazone groups is 1. The molecule has 0 unspecified atom stereocenters. The number of methoxy groups -OCH3 is 2. The van der Waals surface area contributed by atoms with Gasteiger partial charge in [-0.25, -0.2) is 15.0 Å². The summed E-state index contributed by atoms with van der Waals surface area (Å²) in [4.78, 5) is 36.5. The first kappa shape index (κ1) is 26.8. The molecule has 0 radical (unpaired) electrons. The van der Waals surface area contributed by atoms with Gasteiger partial charge in [-0.3, -0.25) is 4.79 Å². The molecule has 3 rings (SSSR count). The van der Waals surface area contributed by atoms with Crippen LogP contribution in [0.4, 0.5) is 4.79 Å². The van der Waals surface area contributed by atoms with E-state index in [1.807, 2.05) is 0 Å². The van der Waals surface area contributed by atoms with Crippen LogP contribution in [0.1, 0.15) is 24.1 Å². The van der Waals surface area contributed by atoms with Crippen LogP contribution in [0.15, 0.2) is 71.5 Å². The zero-order chi connectivity index (χ0) is 26.8. The van der Waals surface area contributed by atoms with Crippen LogP contribution in [0.3, 0.4) is 0 Å².